The third-order valence-electron chi connectivity index (χ3n) is 4.89. The zero-order valence-corrected chi connectivity index (χ0v) is 12.8. The van der Waals surface area contributed by atoms with Gasteiger partial charge in [0.05, 0.1) is 12.1 Å². The van der Waals surface area contributed by atoms with Crippen LogP contribution in [-0.4, -0.2) is 20.9 Å². The molecular formula is C18H19FN2O2. The lowest BCUT2D eigenvalue weighted by Crippen LogP contribution is -2.16. The summed E-state index contributed by atoms with van der Waals surface area (Å²) in [5.74, 6) is -0.637. The van der Waals surface area contributed by atoms with Crippen molar-refractivity contribution in [2.24, 2.45) is 0 Å². The monoisotopic (exact) mass is 314 g/mol. The molecule has 2 aliphatic rings. The number of rotatable bonds is 4. The number of carboxylic acid groups (broad SMARTS) is 1. The van der Waals surface area contributed by atoms with E-state index in [0.717, 1.165) is 49.1 Å². The molecule has 2 aliphatic carbocycles. The number of aliphatic carboxylic acids is 1. The molecule has 4 rings (SSSR count). The molecule has 1 unspecified atom stereocenters. The standard InChI is InChI=1S/C18H19FN2O2/c19-13-5-1-2-6-14(13)21-15-7-3-4-12(10-16(22)23)17(15)18(20-21)11-8-9-11/h1-2,5-6,11-12H,3-4,7-10H2,(H,22,23). The summed E-state index contributed by atoms with van der Waals surface area (Å²) >= 11 is 0. The van der Waals surface area contributed by atoms with Crippen molar-refractivity contribution in [1.82, 2.24) is 9.78 Å². The van der Waals surface area contributed by atoms with Gasteiger partial charge in [-0.1, -0.05) is 12.1 Å². The summed E-state index contributed by atoms with van der Waals surface area (Å²) in [5, 5.41) is 13.9. The van der Waals surface area contributed by atoms with Crippen molar-refractivity contribution in [3.05, 3.63) is 47.0 Å². The molecule has 23 heavy (non-hydrogen) atoms. The van der Waals surface area contributed by atoms with Crippen LogP contribution in [0.4, 0.5) is 4.39 Å². The van der Waals surface area contributed by atoms with E-state index in [4.69, 9.17) is 5.10 Å². The van der Waals surface area contributed by atoms with Crippen LogP contribution in [-0.2, 0) is 11.2 Å². The van der Waals surface area contributed by atoms with E-state index in [9.17, 15) is 14.3 Å². The fourth-order valence-corrected chi connectivity index (χ4v) is 3.73. The van der Waals surface area contributed by atoms with Crippen molar-refractivity contribution in [2.45, 2.75) is 50.4 Å². The SMILES string of the molecule is O=C(O)CC1CCCc2c1c(C1CC1)nn2-c1ccccc1F. The average Bonchev–Trinajstić information content (AvgIpc) is 3.29. The molecule has 1 N–H and O–H groups in total. The van der Waals surface area contributed by atoms with Gasteiger partial charge in [0, 0.05) is 17.2 Å². The van der Waals surface area contributed by atoms with Gasteiger partial charge in [0.25, 0.3) is 0 Å². The Hall–Kier alpha value is -2.17. The molecule has 5 heteroatoms. The van der Waals surface area contributed by atoms with E-state index in [1.807, 2.05) is 0 Å². The van der Waals surface area contributed by atoms with E-state index < -0.39 is 5.97 Å². The van der Waals surface area contributed by atoms with Crippen LogP contribution in [0.3, 0.4) is 0 Å². The minimum absolute atomic E-state index is 0.00683. The minimum atomic E-state index is -0.775. The number of carbonyl (C=O) groups is 1. The van der Waals surface area contributed by atoms with Gasteiger partial charge in [0.1, 0.15) is 11.5 Å². The molecule has 0 amide bonds. The molecule has 0 bridgehead atoms. The summed E-state index contributed by atoms with van der Waals surface area (Å²) < 4.78 is 16.0. The first-order valence-electron chi connectivity index (χ1n) is 8.23. The van der Waals surface area contributed by atoms with Crippen LogP contribution >= 0.6 is 0 Å². The fraction of sp³-hybridized carbons (Fsp3) is 0.444. The van der Waals surface area contributed by atoms with Crippen molar-refractivity contribution in [1.29, 1.82) is 0 Å². The highest BCUT2D eigenvalue weighted by Crippen LogP contribution is 2.47. The Labute approximate surface area is 133 Å². The minimum Gasteiger partial charge on any atom is -0.481 e. The predicted molar refractivity (Wildman–Crippen MR) is 83.4 cm³/mol. The highest BCUT2D eigenvalue weighted by molar-refractivity contribution is 5.68. The number of carboxylic acids is 1. The zero-order valence-electron chi connectivity index (χ0n) is 12.8. The van der Waals surface area contributed by atoms with E-state index in [2.05, 4.69) is 0 Å². The van der Waals surface area contributed by atoms with Crippen LogP contribution in [0.1, 0.15) is 60.9 Å². The molecule has 2 aromatic rings. The number of nitrogens with zero attached hydrogens (tertiary/aromatic N) is 2. The molecule has 120 valence electrons. The first-order valence-corrected chi connectivity index (χ1v) is 8.23. The van der Waals surface area contributed by atoms with Crippen molar-refractivity contribution in [3.63, 3.8) is 0 Å². The lowest BCUT2D eigenvalue weighted by molar-refractivity contribution is -0.137. The van der Waals surface area contributed by atoms with Gasteiger partial charge in [0.2, 0.25) is 0 Å². The number of aromatic nitrogens is 2. The van der Waals surface area contributed by atoms with Crippen LogP contribution in [0.2, 0.25) is 0 Å². The lowest BCUT2D eigenvalue weighted by atomic mass is 9.82. The molecule has 1 aromatic heterocycles. The van der Waals surface area contributed by atoms with Crippen molar-refractivity contribution < 1.29 is 14.3 Å². The largest absolute Gasteiger partial charge is 0.481 e. The maximum atomic E-state index is 14.2. The van der Waals surface area contributed by atoms with Gasteiger partial charge >= 0.3 is 5.97 Å². The maximum Gasteiger partial charge on any atom is 0.303 e. The first-order chi connectivity index (χ1) is 11.1. The molecule has 1 atom stereocenters. The Bertz CT molecular complexity index is 764. The summed E-state index contributed by atoms with van der Waals surface area (Å²) in [6.45, 7) is 0. The fourth-order valence-electron chi connectivity index (χ4n) is 3.73. The lowest BCUT2D eigenvalue weighted by Gasteiger charge is -2.23. The van der Waals surface area contributed by atoms with Gasteiger partial charge in [-0.15, -0.1) is 0 Å². The van der Waals surface area contributed by atoms with Gasteiger partial charge in [-0.25, -0.2) is 9.07 Å². The van der Waals surface area contributed by atoms with Gasteiger partial charge in [-0.2, -0.15) is 5.10 Å². The first kappa shape index (κ1) is 14.4. The van der Waals surface area contributed by atoms with Crippen molar-refractivity contribution in [3.8, 4) is 5.69 Å². The highest BCUT2D eigenvalue weighted by Gasteiger charge is 2.37. The van der Waals surface area contributed by atoms with Crippen LogP contribution in [0, 0.1) is 5.82 Å². The van der Waals surface area contributed by atoms with Gasteiger partial charge < -0.3 is 5.11 Å². The molecule has 0 aliphatic heterocycles. The summed E-state index contributed by atoms with van der Waals surface area (Å²) in [7, 11) is 0. The topological polar surface area (TPSA) is 55.1 Å². The van der Waals surface area contributed by atoms with Crippen LogP contribution < -0.4 is 0 Å². The quantitative estimate of drug-likeness (QED) is 0.934. The summed E-state index contributed by atoms with van der Waals surface area (Å²) in [6, 6.07) is 6.66. The predicted octanol–water partition coefficient (Wildman–Crippen LogP) is 3.78. The zero-order chi connectivity index (χ0) is 16.0. The molecule has 4 nitrogen and oxygen atoms in total. The molecule has 1 aromatic carbocycles. The van der Waals surface area contributed by atoms with E-state index in [0.29, 0.717) is 11.6 Å². The van der Waals surface area contributed by atoms with E-state index in [1.54, 1.807) is 22.9 Å². The molecule has 0 spiro atoms. The average molecular weight is 314 g/mol. The number of para-hydroxylation sites is 1. The van der Waals surface area contributed by atoms with E-state index >= 15 is 0 Å². The van der Waals surface area contributed by atoms with Gasteiger partial charge in [0.15, 0.2) is 0 Å². The molecule has 0 radical (unpaired) electrons. The van der Waals surface area contributed by atoms with Crippen molar-refractivity contribution >= 4 is 5.97 Å². The normalized spacial score (nSPS) is 20.3. The molecule has 1 saturated carbocycles. The molecule has 0 saturated heterocycles. The van der Waals surface area contributed by atoms with Crippen LogP contribution in [0.15, 0.2) is 24.3 Å². The van der Waals surface area contributed by atoms with Crippen molar-refractivity contribution in [2.75, 3.05) is 0 Å². The molecule has 1 heterocycles. The Balaban J connectivity index is 1.86. The third-order valence-corrected chi connectivity index (χ3v) is 4.89. The number of hydrogen-bond acceptors (Lipinski definition) is 2. The Morgan fingerprint density at radius 1 is 1.30 bits per heavy atom. The summed E-state index contributed by atoms with van der Waals surface area (Å²) in [4.78, 5) is 11.2. The Kier molecular flexibility index (Phi) is 3.43. The van der Waals surface area contributed by atoms with Crippen LogP contribution in [0.25, 0.3) is 5.69 Å². The van der Waals surface area contributed by atoms with E-state index in [-0.39, 0.29) is 18.2 Å². The molecular weight excluding hydrogens is 295 g/mol. The Morgan fingerprint density at radius 3 is 2.78 bits per heavy atom. The second-order valence-corrected chi connectivity index (χ2v) is 6.57. The summed E-state index contributed by atoms with van der Waals surface area (Å²) in [5.41, 5.74) is 3.57. The van der Waals surface area contributed by atoms with E-state index in [1.165, 1.54) is 6.07 Å². The number of benzene rings is 1. The van der Waals surface area contributed by atoms with Crippen LogP contribution in [0.5, 0.6) is 0 Å². The third kappa shape index (κ3) is 2.54. The number of hydrogen-bond donors (Lipinski definition) is 1. The Morgan fingerprint density at radius 2 is 2.09 bits per heavy atom. The molecule has 1 fully saturated rings. The van der Waals surface area contributed by atoms with Gasteiger partial charge in [-0.3, -0.25) is 4.79 Å². The smallest absolute Gasteiger partial charge is 0.303 e. The number of fused-ring (bicyclic) bond motifs is 1. The second kappa shape index (κ2) is 5.48. The van der Waals surface area contributed by atoms with Gasteiger partial charge in [-0.05, 0) is 50.2 Å². The maximum absolute atomic E-state index is 14.2. The summed E-state index contributed by atoms with van der Waals surface area (Å²) in [6.07, 6.45) is 4.97. The second-order valence-electron chi connectivity index (χ2n) is 6.57. The highest BCUT2D eigenvalue weighted by atomic mass is 19.1. The number of halogens is 1.